The Morgan fingerprint density at radius 1 is 0.636 bits per heavy atom. The molecule has 0 bridgehead atoms. The van der Waals surface area contributed by atoms with Crippen LogP contribution < -0.4 is 0 Å². The van der Waals surface area contributed by atoms with Crippen molar-refractivity contribution in [1.82, 2.24) is 0 Å². The van der Waals surface area contributed by atoms with Crippen LogP contribution >= 0.6 is 0 Å². The third-order valence-corrected chi connectivity index (χ3v) is 3.99. The van der Waals surface area contributed by atoms with E-state index < -0.39 is 5.97 Å². The standard InChI is InChI=1S/C18H36O2.Cu.Zn/c1-2-3-4-5-6-7-8-9-10-11-12-13-14-15-16-17-18(19)20;;/h2-17H2,1H3,(H,19,20);;. The summed E-state index contributed by atoms with van der Waals surface area (Å²) in [6.07, 6.45) is 20.2. The van der Waals surface area contributed by atoms with E-state index in [1.807, 2.05) is 0 Å². The van der Waals surface area contributed by atoms with Crippen LogP contribution in [0.25, 0.3) is 0 Å². The predicted molar refractivity (Wildman–Crippen MR) is 87.2 cm³/mol. The average molecular weight is 413 g/mol. The largest absolute Gasteiger partial charge is 0.481 e. The van der Waals surface area contributed by atoms with Crippen molar-refractivity contribution in [3.05, 3.63) is 0 Å². The van der Waals surface area contributed by atoms with Gasteiger partial charge < -0.3 is 5.11 Å². The van der Waals surface area contributed by atoms with Crippen LogP contribution in [0, 0.1) is 0 Å². The van der Waals surface area contributed by atoms with Crippen LogP contribution in [-0.4, -0.2) is 11.1 Å². The van der Waals surface area contributed by atoms with E-state index in [1.54, 1.807) is 0 Å². The molecule has 1 radical (unpaired) electrons. The topological polar surface area (TPSA) is 37.3 Å². The molecule has 0 aliphatic rings. The maximum Gasteiger partial charge on any atom is 0.303 e. The molecular weight excluding hydrogens is 377 g/mol. The molecule has 0 unspecified atom stereocenters. The summed E-state index contributed by atoms with van der Waals surface area (Å²) in [6, 6.07) is 0. The molecular formula is C18H36CuO2Zn. The second kappa shape index (κ2) is 23.9. The molecule has 0 amide bonds. The average Bonchev–Trinajstić information content (AvgIpc) is 2.43. The monoisotopic (exact) mass is 411 g/mol. The second-order valence-electron chi connectivity index (χ2n) is 6.09. The molecule has 0 aromatic heterocycles. The van der Waals surface area contributed by atoms with Crippen molar-refractivity contribution >= 4 is 5.97 Å². The van der Waals surface area contributed by atoms with E-state index in [9.17, 15) is 4.79 Å². The van der Waals surface area contributed by atoms with Crippen LogP contribution in [0.5, 0.6) is 0 Å². The van der Waals surface area contributed by atoms with Crippen LogP contribution in [0.4, 0.5) is 0 Å². The second-order valence-corrected chi connectivity index (χ2v) is 6.09. The Bertz CT molecular complexity index is 213. The third-order valence-electron chi connectivity index (χ3n) is 3.99. The van der Waals surface area contributed by atoms with Gasteiger partial charge in [-0.2, -0.15) is 0 Å². The van der Waals surface area contributed by atoms with Gasteiger partial charge in [0, 0.05) is 43.0 Å². The molecule has 0 saturated carbocycles. The maximum absolute atomic E-state index is 10.3. The minimum atomic E-state index is -0.653. The Labute approximate surface area is 161 Å². The molecule has 0 fully saturated rings. The van der Waals surface area contributed by atoms with Gasteiger partial charge in [0.25, 0.3) is 0 Å². The van der Waals surface area contributed by atoms with Crippen molar-refractivity contribution in [2.75, 3.05) is 0 Å². The first-order valence-electron chi connectivity index (χ1n) is 8.99. The normalized spacial score (nSPS) is 9.86. The molecule has 22 heavy (non-hydrogen) atoms. The number of hydrogen-bond donors (Lipinski definition) is 1. The number of carboxylic acids is 1. The number of carbonyl (C=O) groups is 1. The minimum Gasteiger partial charge on any atom is -0.481 e. The van der Waals surface area contributed by atoms with Crippen LogP contribution in [0.3, 0.4) is 0 Å². The first kappa shape index (κ1) is 27.5. The van der Waals surface area contributed by atoms with Crippen LogP contribution in [-0.2, 0) is 41.3 Å². The number of aliphatic carboxylic acids is 1. The molecule has 0 spiro atoms. The fourth-order valence-electron chi connectivity index (χ4n) is 2.65. The summed E-state index contributed by atoms with van der Waals surface area (Å²) in [5.74, 6) is -0.653. The Morgan fingerprint density at radius 3 is 1.18 bits per heavy atom. The van der Waals surface area contributed by atoms with E-state index >= 15 is 0 Å². The molecule has 2 nitrogen and oxygen atoms in total. The summed E-state index contributed by atoms with van der Waals surface area (Å²) in [6.45, 7) is 2.27. The molecule has 0 aromatic carbocycles. The van der Waals surface area contributed by atoms with Gasteiger partial charge in [-0.25, -0.2) is 0 Å². The minimum absolute atomic E-state index is 0. The molecule has 0 aromatic rings. The molecule has 0 rings (SSSR count). The first-order chi connectivity index (χ1) is 9.77. The molecule has 1 N–H and O–H groups in total. The molecule has 4 heteroatoms. The van der Waals surface area contributed by atoms with E-state index in [2.05, 4.69) is 6.92 Å². The predicted octanol–water partition coefficient (Wildman–Crippen LogP) is 6.33. The third kappa shape index (κ3) is 25.6. The summed E-state index contributed by atoms with van der Waals surface area (Å²) < 4.78 is 0. The quantitative estimate of drug-likeness (QED) is 0.237. The van der Waals surface area contributed by atoms with Crippen molar-refractivity contribution in [3.63, 3.8) is 0 Å². The zero-order chi connectivity index (χ0) is 14.9. The summed E-state index contributed by atoms with van der Waals surface area (Å²) >= 11 is 0. The van der Waals surface area contributed by atoms with Gasteiger partial charge in [0.05, 0.1) is 0 Å². The number of carboxylic acid groups (broad SMARTS) is 1. The van der Waals surface area contributed by atoms with Crippen molar-refractivity contribution in [2.45, 2.75) is 110 Å². The fourth-order valence-corrected chi connectivity index (χ4v) is 2.65. The SMILES string of the molecule is CCCCCCCCCCCCCCCCCC(=O)O.[Cu].[Zn]. The van der Waals surface area contributed by atoms with E-state index in [4.69, 9.17) is 5.11 Å². The van der Waals surface area contributed by atoms with Gasteiger partial charge in [0.2, 0.25) is 0 Å². The van der Waals surface area contributed by atoms with E-state index in [0.29, 0.717) is 6.42 Å². The molecule has 0 saturated heterocycles. The molecule has 0 heterocycles. The Balaban J connectivity index is -0.00000180. The van der Waals surface area contributed by atoms with Crippen LogP contribution in [0.2, 0.25) is 0 Å². The summed E-state index contributed by atoms with van der Waals surface area (Å²) in [5, 5.41) is 8.52. The van der Waals surface area contributed by atoms with Crippen molar-refractivity contribution in [1.29, 1.82) is 0 Å². The van der Waals surface area contributed by atoms with Gasteiger partial charge in [0.1, 0.15) is 0 Å². The number of hydrogen-bond acceptors (Lipinski definition) is 1. The smallest absolute Gasteiger partial charge is 0.303 e. The summed E-state index contributed by atoms with van der Waals surface area (Å²) in [4.78, 5) is 10.3. The Morgan fingerprint density at radius 2 is 0.909 bits per heavy atom. The van der Waals surface area contributed by atoms with Gasteiger partial charge in [-0.15, -0.1) is 0 Å². The van der Waals surface area contributed by atoms with E-state index in [0.717, 1.165) is 12.8 Å². The van der Waals surface area contributed by atoms with Gasteiger partial charge in [0.15, 0.2) is 0 Å². The molecule has 0 atom stereocenters. The summed E-state index contributed by atoms with van der Waals surface area (Å²) in [7, 11) is 0. The van der Waals surface area contributed by atoms with E-state index in [-0.39, 0.29) is 36.5 Å². The Kier molecular flexibility index (Phi) is 29.8. The van der Waals surface area contributed by atoms with E-state index in [1.165, 1.54) is 83.5 Å². The zero-order valence-electron chi connectivity index (χ0n) is 14.7. The van der Waals surface area contributed by atoms with Crippen molar-refractivity contribution in [3.8, 4) is 0 Å². The fraction of sp³-hybridized carbons (Fsp3) is 0.944. The van der Waals surface area contributed by atoms with Crippen LogP contribution in [0.15, 0.2) is 0 Å². The molecule has 0 aliphatic heterocycles. The molecule has 133 valence electrons. The van der Waals surface area contributed by atoms with Crippen molar-refractivity contribution < 1.29 is 46.4 Å². The first-order valence-corrected chi connectivity index (χ1v) is 8.99. The Hall–Kier alpha value is 0.613. The van der Waals surface area contributed by atoms with Gasteiger partial charge in [-0.3, -0.25) is 4.79 Å². The maximum atomic E-state index is 10.3. The zero-order valence-corrected chi connectivity index (χ0v) is 18.6. The summed E-state index contributed by atoms with van der Waals surface area (Å²) in [5.41, 5.74) is 0. The van der Waals surface area contributed by atoms with Gasteiger partial charge in [-0.1, -0.05) is 96.8 Å². The van der Waals surface area contributed by atoms with Crippen molar-refractivity contribution in [2.24, 2.45) is 0 Å². The molecule has 0 aliphatic carbocycles. The van der Waals surface area contributed by atoms with Gasteiger partial charge in [-0.05, 0) is 6.42 Å². The van der Waals surface area contributed by atoms with Crippen LogP contribution in [0.1, 0.15) is 110 Å². The number of unbranched alkanes of at least 4 members (excludes halogenated alkanes) is 14. The van der Waals surface area contributed by atoms with Gasteiger partial charge >= 0.3 is 5.97 Å². The number of rotatable bonds is 16.